The molecule has 0 aromatic rings. The molecule has 516 valence electrons. The number of unbranched alkanes of at least 4 members (excludes halogenated alkanes) is 56. The van der Waals surface area contributed by atoms with Crippen LogP contribution in [0.3, 0.4) is 0 Å². The molecular weight excluding hydrogens is 1090 g/mol. The quantitative estimate of drug-likeness (QED) is 0.0243. The third kappa shape index (κ3) is 72.0. The number of phosphoric acid groups is 1. The molecule has 1 amide bonds. The fourth-order valence-corrected chi connectivity index (χ4v) is 12.8. The van der Waals surface area contributed by atoms with Crippen LogP contribution in [0.4, 0.5) is 0 Å². The van der Waals surface area contributed by atoms with Crippen molar-refractivity contribution in [1.82, 2.24) is 5.32 Å². The molecule has 3 atom stereocenters. The molecule has 0 saturated carbocycles. The topological polar surface area (TPSA) is 105 Å². The summed E-state index contributed by atoms with van der Waals surface area (Å²) < 4.78 is 23.8. The Hall–Kier alpha value is -1.28. The van der Waals surface area contributed by atoms with Crippen LogP contribution in [0, 0.1) is 0 Å². The van der Waals surface area contributed by atoms with Gasteiger partial charge in [0.15, 0.2) is 0 Å². The summed E-state index contributed by atoms with van der Waals surface area (Å²) in [6.45, 7) is 4.86. The Labute approximate surface area is 544 Å². The van der Waals surface area contributed by atoms with Gasteiger partial charge in [-0.25, -0.2) is 4.57 Å². The lowest BCUT2D eigenvalue weighted by Crippen LogP contribution is -2.45. The molecule has 0 heterocycles. The zero-order chi connectivity index (χ0) is 63.4. The van der Waals surface area contributed by atoms with Gasteiger partial charge in [0.25, 0.3) is 0 Å². The van der Waals surface area contributed by atoms with Crippen LogP contribution in [0.25, 0.3) is 0 Å². The summed E-state index contributed by atoms with van der Waals surface area (Å²) in [6.07, 6.45) is 93.5. The van der Waals surface area contributed by atoms with Crippen LogP contribution in [-0.4, -0.2) is 73.4 Å². The number of quaternary nitrogens is 1. The molecule has 3 unspecified atom stereocenters. The third-order valence-corrected chi connectivity index (χ3v) is 19.1. The van der Waals surface area contributed by atoms with Gasteiger partial charge in [0, 0.05) is 6.42 Å². The number of carbonyl (C=O) groups excluding carboxylic acids is 1. The van der Waals surface area contributed by atoms with Crippen LogP contribution in [0.15, 0.2) is 36.5 Å². The van der Waals surface area contributed by atoms with Crippen molar-refractivity contribution in [2.75, 3.05) is 40.9 Å². The molecule has 87 heavy (non-hydrogen) atoms. The summed E-state index contributed by atoms with van der Waals surface area (Å²) in [5, 5.41) is 14.0. The zero-order valence-corrected chi connectivity index (χ0v) is 60.2. The predicted octanol–water partition coefficient (Wildman–Crippen LogP) is 25.2. The normalized spacial score (nSPS) is 13.7. The number of hydrogen-bond donors (Lipinski definition) is 3. The van der Waals surface area contributed by atoms with Crippen LogP contribution >= 0.6 is 7.82 Å². The van der Waals surface area contributed by atoms with Gasteiger partial charge in [-0.1, -0.05) is 391 Å². The number of amides is 1. The molecule has 3 N–H and O–H groups in total. The van der Waals surface area contributed by atoms with Crippen LogP contribution in [-0.2, 0) is 18.4 Å². The maximum atomic E-state index is 13.1. The van der Waals surface area contributed by atoms with Gasteiger partial charge >= 0.3 is 7.82 Å². The van der Waals surface area contributed by atoms with E-state index in [1.54, 1.807) is 6.08 Å². The molecule has 0 aliphatic carbocycles. The first kappa shape index (κ1) is 85.7. The third-order valence-electron chi connectivity index (χ3n) is 18.1. The van der Waals surface area contributed by atoms with Crippen molar-refractivity contribution < 1.29 is 32.9 Å². The number of aliphatic hydroxyl groups is 1. The van der Waals surface area contributed by atoms with E-state index in [4.69, 9.17) is 9.05 Å². The van der Waals surface area contributed by atoms with E-state index in [1.165, 1.54) is 340 Å². The van der Waals surface area contributed by atoms with Gasteiger partial charge in [-0.05, 0) is 44.9 Å². The van der Waals surface area contributed by atoms with E-state index in [-0.39, 0.29) is 19.1 Å². The molecule has 0 spiro atoms. The molecule has 0 fully saturated rings. The minimum absolute atomic E-state index is 0.0555. The number of aliphatic hydroxyl groups excluding tert-OH is 1. The van der Waals surface area contributed by atoms with E-state index >= 15 is 0 Å². The average molecular weight is 1250 g/mol. The standard InChI is InChI=1S/C78H153N2O6P/c1-6-8-10-12-14-16-18-20-22-24-26-28-30-32-34-36-37-38-39-40-41-42-43-44-46-48-50-52-54-56-58-60-62-64-66-68-70-72-78(82)79-76(75-86-87(83,84)85-74-73-80(3,4)5)77(81)71-69-67-65-63-61-59-57-55-53-51-49-47-45-35-33-31-29-27-25-23-21-19-17-15-13-11-9-7-2/h53,55,61,63,69,71,76-77,81H,6-52,54,56-60,62,64-68,70,72-75H2,1-5H3,(H-,79,82,83,84)/p+1/b55-53+,63-61+,71-69+. The fraction of sp³-hybridized carbons (Fsp3) is 0.910. The van der Waals surface area contributed by atoms with Crippen molar-refractivity contribution in [3.05, 3.63) is 36.5 Å². The summed E-state index contributed by atoms with van der Waals surface area (Å²) in [5.74, 6) is -0.182. The maximum Gasteiger partial charge on any atom is 0.472 e. The van der Waals surface area contributed by atoms with Crippen molar-refractivity contribution in [3.63, 3.8) is 0 Å². The number of phosphoric ester groups is 1. The molecule has 0 aromatic heterocycles. The van der Waals surface area contributed by atoms with Crippen LogP contribution in [0.2, 0.25) is 0 Å². The van der Waals surface area contributed by atoms with E-state index in [9.17, 15) is 19.4 Å². The summed E-state index contributed by atoms with van der Waals surface area (Å²) >= 11 is 0. The van der Waals surface area contributed by atoms with Gasteiger partial charge in [0.1, 0.15) is 13.2 Å². The smallest absolute Gasteiger partial charge is 0.387 e. The number of hydrogen-bond acceptors (Lipinski definition) is 5. The Bertz CT molecular complexity index is 1510. The van der Waals surface area contributed by atoms with Gasteiger partial charge in [0.05, 0.1) is 39.9 Å². The monoisotopic (exact) mass is 1250 g/mol. The number of allylic oxidation sites excluding steroid dienone is 5. The molecule has 0 radical (unpaired) electrons. The lowest BCUT2D eigenvalue weighted by molar-refractivity contribution is -0.870. The van der Waals surface area contributed by atoms with Crippen LogP contribution in [0.5, 0.6) is 0 Å². The number of nitrogens with zero attached hydrogens (tertiary/aromatic N) is 1. The second kappa shape index (κ2) is 69.1. The Balaban J connectivity index is 3.99. The van der Waals surface area contributed by atoms with Crippen molar-refractivity contribution in [3.8, 4) is 0 Å². The van der Waals surface area contributed by atoms with E-state index in [2.05, 4.69) is 43.5 Å². The highest BCUT2D eigenvalue weighted by Crippen LogP contribution is 2.43. The summed E-state index contributed by atoms with van der Waals surface area (Å²) in [5.41, 5.74) is 0. The molecule has 0 aliphatic heterocycles. The number of rotatable bonds is 73. The number of carbonyl (C=O) groups is 1. The molecule has 0 rings (SSSR count). The van der Waals surface area contributed by atoms with Crippen molar-refractivity contribution in [2.45, 2.75) is 418 Å². The predicted molar refractivity (Wildman–Crippen MR) is 383 cm³/mol. The minimum atomic E-state index is -4.37. The summed E-state index contributed by atoms with van der Waals surface area (Å²) in [7, 11) is 1.56. The molecule has 8 nitrogen and oxygen atoms in total. The summed E-state index contributed by atoms with van der Waals surface area (Å²) in [6, 6.07) is -0.870. The van der Waals surface area contributed by atoms with Gasteiger partial charge in [-0.2, -0.15) is 0 Å². The van der Waals surface area contributed by atoms with E-state index in [0.717, 1.165) is 44.9 Å². The molecule has 9 heteroatoms. The second-order valence-corrected chi connectivity index (χ2v) is 29.5. The molecule has 0 aliphatic rings. The lowest BCUT2D eigenvalue weighted by atomic mass is 10.0. The average Bonchev–Trinajstić information content (AvgIpc) is 3.69. The lowest BCUT2D eigenvalue weighted by Gasteiger charge is -2.25. The van der Waals surface area contributed by atoms with E-state index in [0.29, 0.717) is 17.4 Å². The molecule has 0 saturated heterocycles. The molecule has 0 aromatic carbocycles. The highest BCUT2D eigenvalue weighted by atomic mass is 31.2. The zero-order valence-electron chi connectivity index (χ0n) is 59.3. The van der Waals surface area contributed by atoms with Crippen LogP contribution in [0.1, 0.15) is 406 Å². The molecule has 0 bridgehead atoms. The Morgan fingerprint density at radius 2 is 0.632 bits per heavy atom. The van der Waals surface area contributed by atoms with Gasteiger partial charge in [-0.15, -0.1) is 0 Å². The first-order chi connectivity index (χ1) is 42.5. The van der Waals surface area contributed by atoms with Crippen LogP contribution < -0.4 is 5.32 Å². The Kier molecular flexibility index (Phi) is 68.1. The highest BCUT2D eigenvalue weighted by molar-refractivity contribution is 7.47. The van der Waals surface area contributed by atoms with Gasteiger partial charge < -0.3 is 19.8 Å². The second-order valence-electron chi connectivity index (χ2n) is 28.1. The highest BCUT2D eigenvalue weighted by Gasteiger charge is 2.28. The van der Waals surface area contributed by atoms with Crippen molar-refractivity contribution in [1.29, 1.82) is 0 Å². The van der Waals surface area contributed by atoms with Gasteiger partial charge in [-0.3, -0.25) is 13.8 Å². The molecular formula is C78H154N2O6P+. The number of nitrogens with one attached hydrogen (secondary N) is 1. The first-order valence-corrected chi connectivity index (χ1v) is 40.4. The summed E-state index contributed by atoms with van der Waals surface area (Å²) in [4.78, 5) is 23.5. The minimum Gasteiger partial charge on any atom is -0.387 e. The maximum absolute atomic E-state index is 13.1. The van der Waals surface area contributed by atoms with Crippen molar-refractivity contribution in [2.24, 2.45) is 0 Å². The largest absolute Gasteiger partial charge is 0.472 e. The Morgan fingerprint density at radius 3 is 0.920 bits per heavy atom. The SMILES string of the molecule is CCCCCCCCCCCCCCCCCCCC/C=C/CC/C=C/CC/C=C/C(O)C(COP(=O)(O)OCC[N+](C)(C)C)NC(=O)CCCCCCCCCCCCCCCCCCCCCCCCCCCCCCCCCCCCCCC. The van der Waals surface area contributed by atoms with E-state index in [1.807, 2.05) is 27.2 Å². The van der Waals surface area contributed by atoms with Crippen molar-refractivity contribution >= 4 is 13.7 Å². The Morgan fingerprint density at radius 1 is 0.379 bits per heavy atom. The van der Waals surface area contributed by atoms with Gasteiger partial charge in [0.2, 0.25) is 5.91 Å². The fourth-order valence-electron chi connectivity index (χ4n) is 12.1. The van der Waals surface area contributed by atoms with E-state index < -0.39 is 20.0 Å². The first-order valence-electron chi connectivity index (χ1n) is 38.9. The number of likely N-dealkylation sites (N-methyl/N-ethyl adjacent to an activating group) is 1.